The lowest BCUT2D eigenvalue weighted by molar-refractivity contribution is -0.134. The molecule has 3 heterocycles. The van der Waals surface area contributed by atoms with E-state index < -0.39 is 23.4 Å². The van der Waals surface area contributed by atoms with Crippen molar-refractivity contribution in [2.45, 2.75) is 72.1 Å². The second-order valence-electron chi connectivity index (χ2n) is 14.8. The summed E-state index contributed by atoms with van der Waals surface area (Å²) in [6, 6.07) is 4.15. The molecule has 0 radical (unpaired) electrons. The Kier molecular flexibility index (Phi) is 15.6. The van der Waals surface area contributed by atoms with E-state index in [9.17, 15) is 23.9 Å². The first-order valence-electron chi connectivity index (χ1n) is 17.9. The second-order valence-corrected chi connectivity index (χ2v) is 14.8. The van der Waals surface area contributed by atoms with Crippen molar-refractivity contribution in [1.82, 2.24) is 29.9 Å². The number of hydrogen-bond donors (Lipinski definition) is 3. The van der Waals surface area contributed by atoms with Crippen LogP contribution in [-0.4, -0.2) is 147 Å². The van der Waals surface area contributed by atoms with Crippen LogP contribution in [0.25, 0.3) is 0 Å². The van der Waals surface area contributed by atoms with E-state index in [4.69, 9.17) is 19.7 Å². The number of amides is 1. The van der Waals surface area contributed by atoms with E-state index >= 15 is 0 Å². The number of nitrogens with zero attached hydrogens (tertiary/aromatic N) is 7. The number of carbonyl (C=O) groups excluding carboxylic acids is 1. The Bertz CT molecular complexity index is 1550. The van der Waals surface area contributed by atoms with Crippen LogP contribution >= 0.6 is 0 Å². The number of ether oxygens (including phenoxy) is 2. The van der Waals surface area contributed by atoms with Crippen molar-refractivity contribution in [3.05, 3.63) is 48.1 Å². The molecule has 2 aromatic rings. The van der Waals surface area contributed by atoms with E-state index in [1.54, 1.807) is 12.0 Å². The lowest BCUT2D eigenvalue weighted by Gasteiger charge is -2.54. The molecule has 1 amide bonds. The molecule has 0 saturated carbocycles. The van der Waals surface area contributed by atoms with Gasteiger partial charge in [0.25, 0.3) is 11.8 Å². The van der Waals surface area contributed by atoms with E-state index in [0.717, 1.165) is 39.1 Å². The summed E-state index contributed by atoms with van der Waals surface area (Å²) in [7, 11) is 3.71. The molecule has 1 spiro atoms. The number of anilines is 1. The number of methoxy groups -OCH3 is 1. The van der Waals surface area contributed by atoms with Crippen molar-refractivity contribution in [3.8, 4) is 11.6 Å². The van der Waals surface area contributed by atoms with Gasteiger partial charge in [-0.25, -0.2) is 19.0 Å². The highest BCUT2D eigenvalue weighted by Gasteiger charge is 2.51. The number of carboxylic acids is 2. The highest BCUT2D eigenvalue weighted by molar-refractivity contribution is 5.97. The minimum absolute atomic E-state index is 0.0566. The Labute approximate surface area is 311 Å². The molecule has 2 unspecified atom stereocenters. The summed E-state index contributed by atoms with van der Waals surface area (Å²) in [5.74, 6) is -1.98. The lowest BCUT2D eigenvalue weighted by Crippen LogP contribution is -2.63. The molecular weight excluding hydrogens is 689 g/mol. The second kappa shape index (κ2) is 19.2. The number of likely N-dealkylation sites (tertiary alicyclic amines) is 1. The fraction of sp³-hybridized carbons (Fsp3) is 0.622. The van der Waals surface area contributed by atoms with Crippen molar-refractivity contribution in [2.24, 2.45) is 11.3 Å². The normalized spacial score (nSPS) is 17.1. The number of aromatic nitrogens is 3. The maximum atomic E-state index is 14.3. The van der Waals surface area contributed by atoms with Crippen LogP contribution in [0, 0.1) is 17.2 Å². The summed E-state index contributed by atoms with van der Waals surface area (Å²) in [5, 5.41) is 35.1. The van der Waals surface area contributed by atoms with Gasteiger partial charge in [0.1, 0.15) is 17.9 Å². The molecular formula is C37H56FN7O8. The maximum Gasteiger partial charge on any atom is 0.328 e. The third-order valence-corrected chi connectivity index (χ3v) is 9.53. The van der Waals surface area contributed by atoms with Crippen LogP contribution in [0.5, 0.6) is 11.6 Å². The Morgan fingerprint density at radius 1 is 1.11 bits per heavy atom. The van der Waals surface area contributed by atoms with Crippen molar-refractivity contribution in [2.75, 3.05) is 71.5 Å². The van der Waals surface area contributed by atoms with Gasteiger partial charge in [0.2, 0.25) is 0 Å². The average Bonchev–Trinajstić information content (AvgIpc) is 3.52. The number of benzene rings is 1. The predicted octanol–water partition coefficient (Wildman–Crippen LogP) is 3.64. The summed E-state index contributed by atoms with van der Waals surface area (Å²) in [4.78, 5) is 45.5. The molecule has 0 aliphatic carbocycles. The third-order valence-electron chi connectivity index (χ3n) is 9.53. The number of hydrogen-bond acceptors (Lipinski definition) is 12. The molecule has 0 bridgehead atoms. The monoisotopic (exact) mass is 745 g/mol. The third kappa shape index (κ3) is 12.4. The molecule has 15 nitrogen and oxygen atoms in total. The van der Waals surface area contributed by atoms with Gasteiger partial charge in [0.05, 0.1) is 17.8 Å². The van der Waals surface area contributed by atoms with Crippen molar-refractivity contribution in [3.63, 3.8) is 0 Å². The molecule has 2 atom stereocenters. The SMILES string of the molecule is CCN(C(=O)c1cc(F)ccc1Oc1nncnc1N1CCC2(C1)CN(C(CC(C)(O)CN(C)CCOC)C(C)C)C2)C(C)C.O=C(O)/C=C/C(=O)O. The van der Waals surface area contributed by atoms with E-state index in [0.29, 0.717) is 50.0 Å². The number of carboxylic acid groups (broad SMARTS) is 2. The van der Waals surface area contributed by atoms with Gasteiger partial charge in [-0.15, -0.1) is 10.2 Å². The first-order chi connectivity index (χ1) is 24.9. The van der Waals surface area contributed by atoms with Gasteiger partial charge in [-0.05, 0) is 71.7 Å². The molecule has 16 heteroatoms. The molecule has 2 fully saturated rings. The molecule has 3 N–H and O–H groups in total. The molecule has 2 aliphatic rings. The zero-order chi connectivity index (χ0) is 39.5. The van der Waals surface area contributed by atoms with Gasteiger partial charge in [0.15, 0.2) is 5.82 Å². The first kappa shape index (κ1) is 43.2. The summed E-state index contributed by atoms with van der Waals surface area (Å²) >= 11 is 0. The standard InChI is InChI=1S/C33H52FN7O4.C4H4O4/c1-9-41(24(4)5)31(42)26-16-25(34)10-11-28(26)45-30-29(35-22-36-37-30)39-13-12-33(19-39)20-40(21-33)27(23(2)3)17-32(6,43)18-38(7)14-15-44-8;5-3(6)1-2-4(7)8/h10-11,16,22-24,27,43H,9,12-15,17-21H2,1-8H3;1-2H,(H,5,6)(H,7,8)/b;2-1+. The zero-order valence-corrected chi connectivity index (χ0v) is 32.2. The Hall–Kier alpha value is -4.25. The van der Waals surface area contributed by atoms with E-state index in [1.165, 1.54) is 24.5 Å². The fourth-order valence-corrected chi connectivity index (χ4v) is 7.08. The Morgan fingerprint density at radius 2 is 1.77 bits per heavy atom. The Morgan fingerprint density at radius 3 is 2.34 bits per heavy atom. The average molecular weight is 746 g/mol. The number of likely N-dealkylation sites (N-methyl/N-ethyl adjacent to an activating group) is 1. The molecule has 2 aliphatic heterocycles. The number of aliphatic carboxylic acids is 2. The molecule has 1 aromatic heterocycles. The summed E-state index contributed by atoms with van der Waals surface area (Å²) < 4.78 is 25.7. The fourth-order valence-electron chi connectivity index (χ4n) is 7.08. The van der Waals surface area contributed by atoms with Crippen LogP contribution in [0.1, 0.15) is 64.7 Å². The van der Waals surface area contributed by atoms with Gasteiger partial charge < -0.3 is 39.5 Å². The van der Waals surface area contributed by atoms with Crippen molar-refractivity contribution >= 4 is 23.7 Å². The van der Waals surface area contributed by atoms with E-state index in [-0.39, 0.29) is 40.6 Å². The highest BCUT2D eigenvalue weighted by Crippen LogP contribution is 2.45. The molecule has 53 heavy (non-hydrogen) atoms. The van der Waals surface area contributed by atoms with Gasteiger partial charge >= 0.3 is 11.9 Å². The van der Waals surface area contributed by atoms with Crippen LogP contribution in [0.3, 0.4) is 0 Å². The molecule has 294 valence electrons. The number of aliphatic hydroxyl groups is 1. The van der Waals surface area contributed by atoms with E-state index in [1.807, 2.05) is 34.7 Å². The quantitative estimate of drug-likeness (QED) is 0.200. The number of halogens is 1. The van der Waals surface area contributed by atoms with Crippen LogP contribution in [-0.2, 0) is 14.3 Å². The summed E-state index contributed by atoms with van der Waals surface area (Å²) in [5.41, 5.74) is -0.577. The number of rotatable bonds is 17. The number of carbonyl (C=O) groups is 3. The molecule has 4 rings (SSSR count). The predicted molar refractivity (Wildman–Crippen MR) is 197 cm³/mol. The van der Waals surface area contributed by atoms with Gasteiger partial charge in [0, 0.05) is 82.6 Å². The van der Waals surface area contributed by atoms with Crippen molar-refractivity contribution < 1.29 is 43.6 Å². The minimum atomic E-state index is -1.26. The molecule has 1 aromatic carbocycles. The summed E-state index contributed by atoms with van der Waals surface area (Å²) in [6.07, 6.45) is 4.20. The molecule has 2 saturated heterocycles. The topological polar surface area (TPSA) is 182 Å². The van der Waals surface area contributed by atoms with Crippen LogP contribution in [0.4, 0.5) is 10.2 Å². The largest absolute Gasteiger partial charge is 0.478 e. The Balaban J connectivity index is 0.000000846. The smallest absolute Gasteiger partial charge is 0.328 e. The maximum absolute atomic E-state index is 14.3. The van der Waals surface area contributed by atoms with Crippen molar-refractivity contribution in [1.29, 1.82) is 0 Å². The summed E-state index contributed by atoms with van der Waals surface area (Å²) in [6.45, 7) is 18.1. The van der Waals surface area contributed by atoms with Crippen LogP contribution in [0.15, 0.2) is 36.7 Å². The minimum Gasteiger partial charge on any atom is -0.478 e. The first-order valence-corrected chi connectivity index (χ1v) is 17.9. The van der Waals surface area contributed by atoms with Crippen LogP contribution in [0.2, 0.25) is 0 Å². The van der Waals surface area contributed by atoms with Crippen LogP contribution < -0.4 is 9.64 Å². The van der Waals surface area contributed by atoms with Gasteiger partial charge in [-0.1, -0.05) is 13.8 Å². The zero-order valence-electron chi connectivity index (χ0n) is 32.2. The highest BCUT2D eigenvalue weighted by atomic mass is 19.1. The lowest BCUT2D eigenvalue weighted by atomic mass is 9.75. The van der Waals surface area contributed by atoms with Gasteiger partial charge in [-0.3, -0.25) is 9.69 Å². The van der Waals surface area contributed by atoms with Gasteiger partial charge in [-0.2, -0.15) is 0 Å². The van der Waals surface area contributed by atoms with E-state index in [2.05, 4.69) is 43.7 Å².